The molecule has 0 saturated carbocycles. The highest BCUT2D eigenvalue weighted by atomic mass is 32.1. The Hall–Kier alpha value is -1.83. The van der Waals surface area contributed by atoms with Gasteiger partial charge in [-0.15, -0.1) is 0 Å². The van der Waals surface area contributed by atoms with Gasteiger partial charge in [0, 0.05) is 13.1 Å². The van der Waals surface area contributed by atoms with Gasteiger partial charge in [0.2, 0.25) is 0 Å². The Morgan fingerprint density at radius 3 is 2.63 bits per heavy atom. The fraction of sp³-hybridized carbons (Fsp3) is 0.550. The largest absolute Gasteiger partial charge is 0.466 e. The van der Waals surface area contributed by atoms with Gasteiger partial charge in [0.25, 0.3) is 0 Å². The third-order valence-corrected chi connectivity index (χ3v) is 5.29. The molecule has 0 fully saturated rings. The van der Waals surface area contributed by atoms with Gasteiger partial charge in [-0.2, -0.15) is 11.3 Å². The Bertz CT molecular complexity index is 664. The second-order valence-corrected chi connectivity index (χ2v) is 7.40. The number of aliphatic hydroxyl groups is 1. The molecule has 0 aromatic carbocycles. The first kappa shape index (κ1) is 21.5. The summed E-state index contributed by atoms with van der Waals surface area (Å²) in [5.74, 6) is 1.21. The molecule has 0 bridgehead atoms. The molecule has 0 saturated heterocycles. The first-order valence-corrected chi connectivity index (χ1v) is 10.5. The molecule has 0 radical (unpaired) electrons. The highest BCUT2D eigenvalue weighted by Crippen LogP contribution is 2.23. The topological polar surface area (TPSA) is 73.0 Å². The van der Waals surface area contributed by atoms with Crippen molar-refractivity contribution < 1.29 is 9.52 Å². The predicted molar refractivity (Wildman–Crippen MR) is 112 cm³/mol. The van der Waals surface area contributed by atoms with E-state index < -0.39 is 5.60 Å². The standard InChI is InChI=1S/C20H32N4O2S/c1-5-21-19(23-15-20(4,25)18-9-8-11-26-18)22-13-17(24(6-2)7-3)16-10-12-27-14-16/h8-12,14,17,25H,5-7,13,15H2,1-4H3,(H2,21,22,23). The van der Waals surface area contributed by atoms with E-state index in [1.807, 2.05) is 6.92 Å². The molecule has 2 aromatic heterocycles. The molecule has 3 N–H and O–H groups in total. The van der Waals surface area contributed by atoms with Gasteiger partial charge < -0.3 is 20.2 Å². The fourth-order valence-corrected chi connectivity index (χ4v) is 3.72. The van der Waals surface area contributed by atoms with Crippen molar-refractivity contribution in [2.24, 2.45) is 4.99 Å². The molecule has 27 heavy (non-hydrogen) atoms. The lowest BCUT2D eigenvalue weighted by atomic mass is 10.0. The zero-order chi connectivity index (χ0) is 19.7. The molecule has 2 aromatic rings. The quantitative estimate of drug-likeness (QED) is 0.428. The summed E-state index contributed by atoms with van der Waals surface area (Å²) in [5.41, 5.74) is 0.173. The smallest absolute Gasteiger partial charge is 0.191 e. The SMILES string of the molecule is CCNC(=NCC(C)(O)c1ccco1)NCC(c1ccsc1)N(CC)CC. The molecule has 2 unspecified atom stereocenters. The highest BCUT2D eigenvalue weighted by molar-refractivity contribution is 7.07. The molecule has 2 atom stereocenters. The average Bonchev–Trinajstić information content (AvgIpc) is 3.37. The van der Waals surface area contributed by atoms with E-state index in [4.69, 9.17) is 4.42 Å². The second-order valence-electron chi connectivity index (χ2n) is 6.62. The zero-order valence-electron chi connectivity index (χ0n) is 16.7. The summed E-state index contributed by atoms with van der Waals surface area (Å²) >= 11 is 1.72. The first-order chi connectivity index (χ1) is 13.0. The van der Waals surface area contributed by atoms with Crippen LogP contribution in [0.3, 0.4) is 0 Å². The van der Waals surface area contributed by atoms with Gasteiger partial charge in [0.05, 0.1) is 18.8 Å². The van der Waals surface area contributed by atoms with Gasteiger partial charge in [-0.25, -0.2) is 4.99 Å². The number of thiophene rings is 1. The Kier molecular flexibility index (Phi) is 8.34. The van der Waals surface area contributed by atoms with E-state index in [-0.39, 0.29) is 12.6 Å². The number of guanidine groups is 1. The fourth-order valence-electron chi connectivity index (χ4n) is 3.02. The molecule has 7 heteroatoms. The Morgan fingerprint density at radius 1 is 1.30 bits per heavy atom. The van der Waals surface area contributed by atoms with E-state index >= 15 is 0 Å². The van der Waals surface area contributed by atoms with Crippen molar-refractivity contribution in [3.8, 4) is 0 Å². The Morgan fingerprint density at radius 2 is 2.07 bits per heavy atom. The minimum absolute atomic E-state index is 0.213. The third-order valence-electron chi connectivity index (χ3n) is 4.59. The lowest BCUT2D eigenvalue weighted by Crippen LogP contribution is -2.43. The van der Waals surface area contributed by atoms with Crippen LogP contribution in [0.25, 0.3) is 0 Å². The first-order valence-electron chi connectivity index (χ1n) is 9.56. The monoisotopic (exact) mass is 392 g/mol. The van der Waals surface area contributed by atoms with Crippen LogP contribution >= 0.6 is 11.3 Å². The van der Waals surface area contributed by atoms with Crippen molar-refractivity contribution in [2.75, 3.05) is 32.7 Å². The average molecular weight is 393 g/mol. The van der Waals surface area contributed by atoms with E-state index in [1.54, 1.807) is 36.7 Å². The number of hydrogen-bond donors (Lipinski definition) is 3. The maximum Gasteiger partial charge on any atom is 0.191 e. The van der Waals surface area contributed by atoms with Gasteiger partial charge in [0.1, 0.15) is 11.4 Å². The maximum atomic E-state index is 10.6. The van der Waals surface area contributed by atoms with Crippen LogP contribution < -0.4 is 10.6 Å². The second kappa shape index (κ2) is 10.5. The van der Waals surface area contributed by atoms with Crippen LogP contribution in [0.2, 0.25) is 0 Å². The van der Waals surface area contributed by atoms with Crippen molar-refractivity contribution in [1.29, 1.82) is 0 Å². The molecule has 0 aliphatic rings. The molecule has 2 heterocycles. The third kappa shape index (κ3) is 6.09. The van der Waals surface area contributed by atoms with Gasteiger partial charge in [-0.05, 0) is 61.5 Å². The summed E-state index contributed by atoms with van der Waals surface area (Å²) in [5, 5.41) is 21.6. The van der Waals surface area contributed by atoms with Gasteiger partial charge in [-0.3, -0.25) is 4.90 Å². The lowest BCUT2D eigenvalue weighted by molar-refractivity contribution is 0.0437. The van der Waals surface area contributed by atoms with Crippen molar-refractivity contribution in [1.82, 2.24) is 15.5 Å². The number of rotatable bonds is 10. The molecule has 6 nitrogen and oxygen atoms in total. The maximum absolute atomic E-state index is 10.6. The predicted octanol–water partition coefficient (Wildman–Crippen LogP) is 3.19. The van der Waals surface area contributed by atoms with E-state index in [1.165, 1.54) is 5.56 Å². The summed E-state index contributed by atoms with van der Waals surface area (Å²) in [6, 6.07) is 6.00. The number of hydrogen-bond acceptors (Lipinski definition) is 5. The van der Waals surface area contributed by atoms with Gasteiger partial charge in [0.15, 0.2) is 5.96 Å². The van der Waals surface area contributed by atoms with Crippen LogP contribution in [0.5, 0.6) is 0 Å². The van der Waals surface area contributed by atoms with Crippen molar-refractivity contribution >= 4 is 17.3 Å². The van der Waals surface area contributed by atoms with Crippen LogP contribution in [0.15, 0.2) is 44.6 Å². The molecule has 0 amide bonds. The summed E-state index contributed by atoms with van der Waals surface area (Å²) < 4.78 is 5.33. The number of nitrogens with zero attached hydrogens (tertiary/aromatic N) is 2. The highest BCUT2D eigenvalue weighted by Gasteiger charge is 2.26. The number of likely N-dealkylation sites (N-methyl/N-ethyl adjacent to an activating group) is 1. The van der Waals surface area contributed by atoms with E-state index in [9.17, 15) is 5.11 Å². The van der Waals surface area contributed by atoms with Crippen molar-refractivity contribution in [2.45, 2.75) is 39.3 Å². The zero-order valence-corrected chi connectivity index (χ0v) is 17.6. The summed E-state index contributed by atoms with van der Waals surface area (Å²) in [6.07, 6.45) is 1.56. The molecule has 0 aliphatic carbocycles. The van der Waals surface area contributed by atoms with E-state index in [2.05, 4.69) is 51.2 Å². The van der Waals surface area contributed by atoms with Crippen LogP contribution in [0.4, 0.5) is 0 Å². The number of nitrogens with one attached hydrogen (secondary N) is 2. The van der Waals surface area contributed by atoms with Crippen LogP contribution in [0.1, 0.15) is 45.1 Å². The minimum Gasteiger partial charge on any atom is -0.466 e. The minimum atomic E-state index is -1.14. The van der Waals surface area contributed by atoms with E-state index in [0.29, 0.717) is 11.7 Å². The lowest BCUT2D eigenvalue weighted by Gasteiger charge is -2.30. The van der Waals surface area contributed by atoms with Gasteiger partial charge >= 0.3 is 0 Å². The van der Waals surface area contributed by atoms with Crippen molar-refractivity contribution in [3.05, 3.63) is 46.5 Å². The normalized spacial score (nSPS) is 15.6. The Labute approximate surface area is 166 Å². The number of furan rings is 1. The van der Waals surface area contributed by atoms with Crippen molar-refractivity contribution in [3.63, 3.8) is 0 Å². The van der Waals surface area contributed by atoms with Crippen LogP contribution in [-0.2, 0) is 5.60 Å². The molecule has 150 valence electrons. The summed E-state index contributed by atoms with van der Waals surface area (Å²) in [4.78, 5) is 7.00. The molecular formula is C20H32N4O2S. The summed E-state index contributed by atoms with van der Waals surface area (Å²) in [7, 11) is 0. The number of aliphatic imine (C=N–C) groups is 1. The van der Waals surface area contributed by atoms with E-state index in [0.717, 1.165) is 26.2 Å². The van der Waals surface area contributed by atoms with Crippen LogP contribution in [-0.4, -0.2) is 48.7 Å². The molecule has 2 rings (SSSR count). The Balaban J connectivity index is 2.07. The van der Waals surface area contributed by atoms with Gasteiger partial charge in [-0.1, -0.05) is 13.8 Å². The molecule has 0 spiro atoms. The summed E-state index contributed by atoms with van der Waals surface area (Å²) in [6.45, 7) is 11.8. The van der Waals surface area contributed by atoms with Crippen LogP contribution in [0, 0.1) is 0 Å². The molecular weight excluding hydrogens is 360 g/mol. The molecule has 0 aliphatic heterocycles.